The van der Waals surface area contributed by atoms with Crippen molar-refractivity contribution in [2.45, 2.75) is 26.4 Å². The predicted molar refractivity (Wildman–Crippen MR) is 75.2 cm³/mol. The van der Waals surface area contributed by atoms with E-state index in [9.17, 15) is 5.11 Å². The van der Waals surface area contributed by atoms with Gasteiger partial charge in [-0.2, -0.15) is 0 Å². The Bertz CT molecular complexity index is 540. The maximum Gasteiger partial charge on any atom is 0.137 e. The summed E-state index contributed by atoms with van der Waals surface area (Å²) in [5.74, 6) is 0.698. The van der Waals surface area contributed by atoms with Gasteiger partial charge in [-0.15, -0.1) is 0 Å². The number of aryl methyl sites for hydroxylation is 1. The van der Waals surface area contributed by atoms with E-state index >= 15 is 0 Å². The molecule has 0 amide bonds. The second kappa shape index (κ2) is 6.34. The molecule has 19 heavy (non-hydrogen) atoms. The van der Waals surface area contributed by atoms with Crippen molar-refractivity contribution >= 4 is 0 Å². The number of aromatic nitrogens is 1. The third-order valence-electron chi connectivity index (χ3n) is 3.10. The highest BCUT2D eigenvalue weighted by Crippen LogP contribution is 2.22. The van der Waals surface area contributed by atoms with Gasteiger partial charge < -0.3 is 9.84 Å². The zero-order chi connectivity index (χ0) is 13.7. The van der Waals surface area contributed by atoms with Gasteiger partial charge in [-0.25, -0.2) is 0 Å². The normalized spacial score (nSPS) is 12.2. The monoisotopic (exact) mass is 257 g/mol. The van der Waals surface area contributed by atoms with Crippen molar-refractivity contribution in [1.29, 1.82) is 0 Å². The number of pyridine rings is 1. The molecule has 1 aromatic heterocycles. The van der Waals surface area contributed by atoms with Gasteiger partial charge in [0.25, 0.3) is 0 Å². The molecule has 2 aromatic rings. The van der Waals surface area contributed by atoms with E-state index in [1.807, 2.05) is 31.2 Å². The maximum absolute atomic E-state index is 10.3. The van der Waals surface area contributed by atoms with Gasteiger partial charge in [-0.05, 0) is 31.0 Å². The van der Waals surface area contributed by atoms with Crippen LogP contribution in [0.5, 0.6) is 5.75 Å². The Kier molecular flexibility index (Phi) is 4.53. The lowest BCUT2D eigenvalue weighted by molar-refractivity contribution is 0.177. The van der Waals surface area contributed by atoms with Gasteiger partial charge in [-0.1, -0.05) is 24.3 Å². The molecule has 3 nitrogen and oxygen atoms in total. The fourth-order valence-corrected chi connectivity index (χ4v) is 2.03. The van der Waals surface area contributed by atoms with Crippen molar-refractivity contribution in [3.05, 3.63) is 59.4 Å². The first-order valence-corrected chi connectivity index (χ1v) is 6.51. The largest absolute Gasteiger partial charge is 0.492 e. The second-order valence-electron chi connectivity index (χ2n) is 4.53. The molecule has 0 aliphatic rings. The molecule has 0 saturated carbocycles. The molecular weight excluding hydrogens is 238 g/mol. The zero-order valence-electron chi connectivity index (χ0n) is 11.3. The van der Waals surface area contributed by atoms with E-state index in [2.05, 4.69) is 18.0 Å². The van der Waals surface area contributed by atoms with Crippen LogP contribution in [0.15, 0.2) is 42.7 Å². The number of aliphatic hydroxyl groups is 1. The van der Waals surface area contributed by atoms with Gasteiger partial charge in [0, 0.05) is 18.2 Å². The third-order valence-corrected chi connectivity index (χ3v) is 3.10. The molecule has 1 heterocycles. The molecule has 1 N–H and O–H groups in total. The number of benzene rings is 1. The lowest BCUT2D eigenvalue weighted by Crippen LogP contribution is -2.04. The second-order valence-corrected chi connectivity index (χ2v) is 4.53. The van der Waals surface area contributed by atoms with Gasteiger partial charge in [0.15, 0.2) is 0 Å². The van der Waals surface area contributed by atoms with Crippen LogP contribution >= 0.6 is 0 Å². The summed E-state index contributed by atoms with van der Waals surface area (Å²) >= 11 is 0. The molecule has 0 aliphatic heterocycles. The van der Waals surface area contributed by atoms with Crippen molar-refractivity contribution in [3.63, 3.8) is 0 Å². The molecule has 2 rings (SSSR count). The Labute approximate surface area is 113 Å². The zero-order valence-corrected chi connectivity index (χ0v) is 11.3. The molecule has 100 valence electrons. The Balaban J connectivity index is 2.13. The number of aliphatic hydroxyl groups excluding tert-OH is 1. The summed E-state index contributed by atoms with van der Waals surface area (Å²) in [6.07, 6.45) is 3.37. The number of ether oxygens (including phenoxy) is 1. The maximum atomic E-state index is 10.3. The minimum absolute atomic E-state index is 0.561. The Morgan fingerprint density at radius 3 is 2.79 bits per heavy atom. The standard InChI is InChI=1S/C16H19NO2/c1-3-19-15-8-14(10-17-11-15)16(18)9-13-7-5-4-6-12(13)2/h4-8,10-11,16,18H,3,9H2,1-2H3. The van der Waals surface area contributed by atoms with E-state index in [-0.39, 0.29) is 0 Å². The summed E-state index contributed by atoms with van der Waals surface area (Å²) in [6, 6.07) is 9.93. The van der Waals surface area contributed by atoms with Crippen LogP contribution in [0.1, 0.15) is 29.7 Å². The Morgan fingerprint density at radius 2 is 2.05 bits per heavy atom. The highest BCUT2D eigenvalue weighted by atomic mass is 16.5. The number of nitrogens with zero attached hydrogens (tertiary/aromatic N) is 1. The SMILES string of the molecule is CCOc1cncc(C(O)Cc2ccccc2C)c1. The van der Waals surface area contributed by atoms with E-state index in [4.69, 9.17) is 4.74 Å². The Morgan fingerprint density at radius 1 is 1.26 bits per heavy atom. The van der Waals surface area contributed by atoms with Crippen LogP contribution in [-0.2, 0) is 6.42 Å². The molecule has 1 unspecified atom stereocenters. The summed E-state index contributed by atoms with van der Waals surface area (Å²) in [4.78, 5) is 4.10. The van der Waals surface area contributed by atoms with Crippen molar-refractivity contribution in [2.24, 2.45) is 0 Å². The molecule has 1 aromatic carbocycles. The predicted octanol–water partition coefficient (Wildman–Crippen LogP) is 3.06. The number of hydrogen-bond donors (Lipinski definition) is 1. The van der Waals surface area contributed by atoms with Crippen LogP contribution < -0.4 is 4.74 Å². The molecule has 0 fully saturated rings. The first-order valence-electron chi connectivity index (χ1n) is 6.51. The van der Waals surface area contributed by atoms with Crippen LogP contribution in [-0.4, -0.2) is 16.7 Å². The highest BCUT2D eigenvalue weighted by molar-refractivity contribution is 5.30. The third kappa shape index (κ3) is 3.55. The number of hydrogen-bond acceptors (Lipinski definition) is 3. The minimum atomic E-state index is -0.561. The van der Waals surface area contributed by atoms with Crippen molar-refractivity contribution in [1.82, 2.24) is 4.98 Å². The lowest BCUT2D eigenvalue weighted by atomic mass is 9.99. The average Bonchev–Trinajstić information content (AvgIpc) is 2.42. The van der Waals surface area contributed by atoms with Crippen LogP contribution in [0, 0.1) is 6.92 Å². The summed E-state index contributed by atoms with van der Waals surface area (Å²) in [6.45, 7) is 4.58. The number of rotatable bonds is 5. The van der Waals surface area contributed by atoms with Crippen LogP contribution in [0.3, 0.4) is 0 Å². The first kappa shape index (κ1) is 13.6. The molecule has 0 radical (unpaired) electrons. The van der Waals surface area contributed by atoms with Crippen LogP contribution in [0.25, 0.3) is 0 Å². The van der Waals surface area contributed by atoms with E-state index in [0.29, 0.717) is 18.8 Å². The fourth-order valence-electron chi connectivity index (χ4n) is 2.03. The van der Waals surface area contributed by atoms with Gasteiger partial charge in [0.1, 0.15) is 5.75 Å². The summed E-state index contributed by atoms with van der Waals surface area (Å²) in [7, 11) is 0. The highest BCUT2D eigenvalue weighted by Gasteiger charge is 2.11. The van der Waals surface area contributed by atoms with Gasteiger partial charge in [0.05, 0.1) is 18.9 Å². The van der Waals surface area contributed by atoms with Crippen molar-refractivity contribution in [3.8, 4) is 5.75 Å². The van der Waals surface area contributed by atoms with Gasteiger partial charge in [-0.3, -0.25) is 4.98 Å². The molecule has 1 atom stereocenters. The molecule has 0 aliphatic carbocycles. The lowest BCUT2D eigenvalue weighted by Gasteiger charge is -2.13. The smallest absolute Gasteiger partial charge is 0.137 e. The van der Waals surface area contributed by atoms with Gasteiger partial charge in [0.2, 0.25) is 0 Å². The van der Waals surface area contributed by atoms with E-state index in [0.717, 1.165) is 11.1 Å². The van der Waals surface area contributed by atoms with E-state index < -0.39 is 6.10 Å². The Hall–Kier alpha value is -1.87. The summed E-state index contributed by atoms with van der Waals surface area (Å²) in [5, 5.41) is 10.3. The quantitative estimate of drug-likeness (QED) is 0.895. The van der Waals surface area contributed by atoms with Crippen molar-refractivity contribution in [2.75, 3.05) is 6.61 Å². The molecule has 3 heteroatoms. The molecule has 0 spiro atoms. The topological polar surface area (TPSA) is 42.4 Å². The molecular formula is C16H19NO2. The van der Waals surface area contributed by atoms with Gasteiger partial charge >= 0.3 is 0 Å². The average molecular weight is 257 g/mol. The minimum Gasteiger partial charge on any atom is -0.492 e. The summed E-state index contributed by atoms with van der Waals surface area (Å²) in [5.41, 5.74) is 3.13. The van der Waals surface area contributed by atoms with E-state index in [1.165, 1.54) is 5.56 Å². The van der Waals surface area contributed by atoms with Crippen LogP contribution in [0.4, 0.5) is 0 Å². The van der Waals surface area contributed by atoms with Crippen molar-refractivity contribution < 1.29 is 9.84 Å². The molecule has 0 saturated heterocycles. The summed E-state index contributed by atoms with van der Waals surface area (Å²) < 4.78 is 5.40. The molecule has 0 bridgehead atoms. The first-order chi connectivity index (χ1) is 9.20. The van der Waals surface area contributed by atoms with Crippen LogP contribution in [0.2, 0.25) is 0 Å². The van der Waals surface area contributed by atoms with E-state index in [1.54, 1.807) is 12.4 Å². The fraction of sp³-hybridized carbons (Fsp3) is 0.312.